The monoisotopic (exact) mass is 426 g/mol. The van der Waals surface area contributed by atoms with Gasteiger partial charge in [-0.15, -0.1) is 0 Å². The number of ketones is 1. The normalized spacial score (nSPS) is 12.7. The van der Waals surface area contributed by atoms with E-state index in [4.69, 9.17) is 9.94 Å². The van der Waals surface area contributed by atoms with Gasteiger partial charge in [0.2, 0.25) is 0 Å². The van der Waals surface area contributed by atoms with Crippen LogP contribution in [-0.2, 0) is 9.53 Å². The smallest absolute Gasteiger partial charge is 0.412 e. The third-order valence-electron chi connectivity index (χ3n) is 4.68. The first-order chi connectivity index (χ1) is 14.8. The highest BCUT2D eigenvalue weighted by molar-refractivity contribution is 5.95. The molecule has 4 N–H and O–H groups in total. The number of phenolic OH excluding ortho intramolecular Hbond substituents is 1. The Kier molecular flexibility index (Phi) is 8.78. The summed E-state index contributed by atoms with van der Waals surface area (Å²) < 4.78 is 5.68. The first kappa shape index (κ1) is 23.6. The van der Waals surface area contributed by atoms with Crippen molar-refractivity contribution in [3.8, 4) is 5.75 Å². The largest absolute Gasteiger partial charge is 0.508 e. The van der Waals surface area contributed by atoms with Crippen molar-refractivity contribution in [1.82, 2.24) is 5.48 Å². The molecule has 31 heavy (non-hydrogen) atoms. The van der Waals surface area contributed by atoms with Crippen LogP contribution in [0.3, 0.4) is 0 Å². The number of allylic oxidation sites excluding steroid dienone is 1. The van der Waals surface area contributed by atoms with E-state index >= 15 is 0 Å². The summed E-state index contributed by atoms with van der Waals surface area (Å²) in [6.07, 6.45) is 2.71. The van der Waals surface area contributed by atoms with Gasteiger partial charge in [-0.05, 0) is 67.6 Å². The molecule has 2 rings (SSSR count). The number of aromatic hydroxyl groups is 1. The SMILES string of the molecule is CC(=O)c1ccc(NC(=O)O[C@H](c2ccc(O)cc2)[C@@H](C)CC/C=C/C(=O)NO)cc1. The molecule has 164 valence electrons. The lowest BCUT2D eigenvalue weighted by molar-refractivity contribution is -0.124. The van der Waals surface area contributed by atoms with Gasteiger partial charge >= 0.3 is 6.09 Å². The standard InChI is InChI=1S/C23H26N2O6/c1-15(5-3-4-6-21(28)25-30)22(18-9-13-20(27)14-10-18)31-23(29)24-19-11-7-17(8-12-19)16(2)26/h4,6-15,22,27,30H,3,5H2,1-2H3,(H,24,29)(H,25,28)/b6-4+/t15-,22-/m0/s1. The van der Waals surface area contributed by atoms with Gasteiger partial charge in [-0.2, -0.15) is 0 Å². The van der Waals surface area contributed by atoms with Crippen LogP contribution < -0.4 is 10.8 Å². The number of hydroxylamine groups is 1. The first-order valence-corrected chi connectivity index (χ1v) is 9.78. The molecule has 2 aromatic carbocycles. The number of Topliss-reactive ketones (excluding diaryl/α,β-unsaturated/α-hetero) is 1. The maximum absolute atomic E-state index is 12.5. The van der Waals surface area contributed by atoms with E-state index in [0.717, 1.165) is 0 Å². The third kappa shape index (κ3) is 7.60. The highest BCUT2D eigenvalue weighted by Crippen LogP contribution is 2.31. The molecule has 8 heteroatoms. The Balaban J connectivity index is 2.07. The van der Waals surface area contributed by atoms with Crippen molar-refractivity contribution in [3.63, 3.8) is 0 Å². The predicted molar refractivity (Wildman–Crippen MR) is 115 cm³/mol. The lowest BCUT2D eigenvalue weighted by Gasteiger charge is -2.24. The average molecular weight is 426 g/mol. The molecule has 2 amide bonds. The second-order valence-corrected chi connectivity index (χ2v) is 7.11. The zero-order chi connectivity index (χ0) is 22.8. The molecule has 0 aliphatic heterocycles. The number of carbonyl (C=O) groups excluding carboxylic acids is 3. The Labute approximate surface area is 180 Å². The molecule has 0 saturated carbocycles. The minimum atomic E-state index is -0.657. The second kappa shape index (κ2) is 11.5. The summed E-state index contributed by atoms with van der Waals surface area (Å²) in [7, 11) is 0. The summed E-state index contributed by atoms with van der Waals surface area (Å²) in [6.45, 7) is 3.37. The van der Waals surface area contributed by atoms with Gasteiger partial charge in [0.1, 0.15) is 11.9 Å². The highest BCUT2D eigenvalue weighted by Gasteiger charge is 2.23. The van der Waals surface area contributed by atoms with Crippen LogP contribution >= 0.6 is 0 Å². The van der Waals surface area contributed by atoms with Crippen molar-refractivity contribution in [2.45, 2.75) is 32.8 Å². The highest BCUT2D eigenvalue weighted by atomic mass is 16.6. The predicted octanol–water partition coefficient (Wildman–Crippen LogP) is 4.36. The van der Waals surface area contributed by atoms with Gasteiger partial charge in [0, 0.05) is 17.3 Å². The maximum Gasteiger partial charge on any atom is 0.412 e. The molecule has 2 aromatic rings. The summed E-state index contributed by atoms with van der Waals surface area (Å²) in [5.74, 6) is -0.699. The van der Waals surface area contributed by atoms with Crippen LogP contribution in [0.1, 0.15) is 48.7 Å². The summed E-state index contributed by atoms with van der Waals surface area (Å²) in [5.41, 5.74) is 3.26. The molecule has 8 nitrogen and oxygen atoms in total. The van der Waals surface area contributed by atoms with Gasteiger partial charge in [-0.1, -0.05) is 25.1 Å². The number of rotatable bonds is 9. The van der Waals surface area contributed by atoms with Crippen molar-refractivity contribution < 1.29 is 29.4 Å². The lowest BCUT2D eigenvalue weighted by atomic mass is 9.93. The average Bonchev–Trinajstić information content (AvgIpc) is 2.75. The Bertz CT molecular complexity index is 922. The maximum atomic E-state index is 12.5. The third-order valence-corrected chi connectivity index (χ3v) is 4.68. The summed E-state index contributed by atoms with van der Waals surface area (Å²) in [6, 6.07) is 12.9. The minimum Gasteiger partial charge on any atom is -0.508 e. The van der Waals surface area contributed by atoms with Gasteiger partial charge in [0.15, 0.2) is 5.78 Å². The summed E-state index contributed by atoms with van der Waals surface area (Å²) in [5, 5.41) is 20.7. The van der Waals surface area contributed by atoms with Gasteiger partial charge in [0.05, 0.1) is 0 Å². The fourth-order valence-electron chi connectivity index (χ4n) is 2.97. The molecular formula is C23H26N2O6. The van der Waals surface area contributed by atoms with Crippen molar-refractivity contribution in [2.75, 3.05) is 5.32 Å². The number of nitrogens with one attached hydrogen (secondary N) is 2. The second-order valence-electron chi connectivity index (χ2n) is 7.11. The Morgan fingerprint density at radius 1 is 1.06 bits per heavy atom. The fourth-order valence-corrected chi connectivity index (χ4v) is 2.97. The number of carbonyl (C=O) groups is 3. The van der Waals surface area contributed by atoms with Crippen LogP contribution in [-0.4, -0.2) is 28.1 Å². The number of hydrogen-bond acceptors (Lipinski definition) is 6. The van der Waals surface area contributed by atoms with E-state index in [1.165, 1.54) is 30.6 Å². The van der Waals surface area contributed by atoms with Crippen LogP contribution in [0.25, 0.3) is 0 Å². The Hall–Kier alpha value is -3.65. The minimum absolute atomic E-state index is 0.0686. The van der Waals surface area contributed by atoms with E-state index < -0.39 is 18.1 Å². The summed E-state index contributed by atoms with van der Waals surface area (Å²) in [4.78, 5) is 34.9. The molecule has 0 spiro atoms. The molecule has 0 aliphatic carbocycles. The molecule has 0 aliphatic rings. The van der Waals surface area contributed by atoms with Crippen LogP contribution in [0, 0.1) is 5.92 Å². The topological polar surface area (TPSA) is 125 Å². The van der Waals surface area contributed by atoms with Crippen LogP contribution in [0.5, 0.6) is 5.75 Å². The van der Waals surface area contributed by atoms with E-state index in [1.807, 2.05) is 6.92 Å². The zero-order valence-corrected chi connectivity index (χ0v) is 17.4. The number of amides is 2. The van der Waals surface area contributed by atoms with Crippen LogP contribution in [0.4, 0.5) is 10.5 Å². The van der Waals surface area contributed by atoms with Gasteiger partial charge in [-0.3, -0.25) is 20.1 Å². The van der Waals surface area contributed by atoms with E-state index in [2.05, 4.69) is 5.32 Å². The van der Waals surface area contributed by atoms with Gasteiger partial charge in [-0.25, -0.2) is 10.3 Å². The Morgan fingerprint density at radius 2 is 1.71 bits per heavy atom. The van der Waals surface area contributed by atoms with Crippen LogP contribution in [0.2, 0.25) is 0 Å². The molecule has 0 bridgehead atoms. The summed E-state index contributed by atoms with van der Waals surface area (Å²) >= 11 is 0. The molecule has 0 fully saturated rings. The molecule has 0 heterocycles. The van der Waals surface area contributed by atoms with Crippen LogP contribution in [0.15, 0.2) is 60.7 Å². The molecule has 0 radical (unpaired) electrons. The molecule has 0 saturated heterocycles. The number of hydrogen-bond donors (Lipinski definition) is 4. The van der Waals surface area contributed by atoms with Crippen molar-refractivity contribution in [1.29, 1.82) is 0 Å². The zero-order valence-electron chi connectivity index (χ0n) is 17.4. The van der Waals surface area contributed by atoms with E-state index in [-0.39, 0.29) is 17.5 Å². The van der Waals surface area contributed by atoms with Gasteiger partial charge in [0.25, 0.3) is 5.91 Å². The number of benzene rings is 2. The lowest BCUT2D eigenvalue weighted by Crippen LogP contribution is -2.22. The molecule has 0 aromatic heterocycles. The number of anilines is 1. The van der Waals surface area contributed by atoms with E-state index in [1.54, 1.807) is 42.5 Å². The molecular weight excluding hydrogens is 400 g/mol. The fraction of sp³-hybridized carbons (Fsp3) is 0.261. The first-order valence-electron chi connectivity index (χ1n) is 9.78. The van der Waals surface area contributed by atoms with Gasteiger partial charge < -0.3 is 9.84 Å². The molecule has 0 unspecified atom stereocenters. The quantitative estimate of drug-likeness (QED) is 0.204. The number of phenols is 1. The van der Waals surface area contributed by atoms with Crippen molar-refractivity contribution in [2.24, 2.45) is 5.92 Å². The van der Waals surface area contributed by atoms with Crippen molar-refractivity contribution in [3.05, 3.63) is 71.8 Å². The Morgan fingerprint density at radius 3 is 2.29 bits per heavy atom. The van der Waals surface area contributed by atoms with E-state index in [0.29, 0.717) is 29.7 Å². The number of ether oxygens (including phenoxy) is 1. The van der Waals surface area contributed by atoms with Crippen molar-refractivity contribution >= 4 is 23.5 Å². The molecule has 2 atom stereocenters. The van der Waals surface area contributed by atoms with E-state index in [9.17, 15) is 19.5 Å².